The molecule has 2 aromatic heterocycles. The minimum absolute atomic E-state index is 0.548. The maximum atomic E-state index is 6.19. The third kappa shape index (κ3) is 1.70. The molecule has 4 aromatic rings. The molecule has 0 bridgehead atoms. The van der Waals surface area contributed by atoms with Crippen molar-refractivity contribution in [1.82, 2.24) is 4.98 Å². The molecular weight excluding hydrogens is 284 g/mol. The predicted octanol–water partition coefficient (Wildman–Crippen LogP) is 4.00. The third-order valence-electron chi connectivity index (χ3n) is 4.65. The van der Waals surface area contributed by atoms with Gasteiger partial charge in [-0.25, -0.2) is 0 Å². The number of pyridine rings is 2. The van der Waals surface area contributed by atoms with Gasteiger partial charge in [-0.3, -0.25) is 4.98 Å². The van der Waals surface area contributed by atoms with E-state index in [-0.39, 0.29) is 0 Å². The van der Waals surface area contributed by atoms with Gasteiger partial charge in [0, 0.05) is 41.9 Å². The van der Waals surface area contributed by atoms with Crippen LogP contribution in [0.2, 0.25) is 0 Å². The van der Waals surface area contributed by atoms with Crippen LogP contribution in [0.15, 0.2) is 60.9 Å². The van der Waals surface area contributed by atoms with E-state index in [4.69, 9.17) is 4.74 Å². The molecule has 0 saturated heterocycles. The van der Waals surface area contributed by atoms with Gasteiger partial charge in [0.1, 0.15) is 5.75 Å². The van der Waals surface area contributed by atoms with E-state index in [1.165, 1.54) is 27.4 Å². The molecule has 3 nitrogen and oxygen atoms in total. The van der Waals surface area contributed by atoms with E-state index >= 15 is 0 Å². The second-order valence-corrected chi connectivity index (χ2v) is 5.96. The fourth-order valence-electron chi connectivity index (χ4n) is 3.48. The average Bonchev–Trinajstić information content (AvgIpc) is 2.62. The van der Waals surface area contributed by atoms with Crippen molar-refractivity contribution in [2.45, 2.75) is 13.7 Å². The molecule has 0 atom stereocenters. The van der Waals surface area contributed by atoms with E-state index in [9.17, 15) is 0 Å². The van der Waals surface area contributed by atoms with Gasteiger partial charge in [-0.15, -0.1) is 0 Å². The Labute approximate surface area is 133 Å². The number of hydrogen-bond donors (Lipinski definition) is 0. The SMILES string of the molecule is Cc1ccc2ccc3ccc(-c4cccnc4)c4c3c2[n+]1CO4. The van der Waals surface area contributed by atoms with Crippen LogP contribution in [-0.2, 0) is 6.73 Å². The number of ether oxygens (including phenoxy) is 1. The van der Waals surface area contributed by atoms with Crippen LogP contribution in [0.4, 0.5) is 0 Å². The highest BCUT2D eigenvalue weighted by molar-refractivity contribution is 6.09. The lowest BCUT2D eigenvalue weighted by atomic mass is 9.97. The van der Waals surface area contributed by atoms with Crippen molar-refractivity contribution in [3.05, 3.63) is 66.6 Å². The van der Waals surface area contributed by atoms with Crippen molar-refractivity contribution in [2.75, 3.05) is 0 Å². The molecule has 3 heterocycles. The van der Waals surface area contributed by atoms with E-state index in [2.05, 4.69) is 58.9 Å². The van der Waals surface area contributed by atoms with Gasteiger partial charge in [0.25, 0.3) is 6.73 Å². The second kappa shape index (κ2) is 4.53. The molecule has 0 saturated carbocycles. The lowest BCUT2D eigenvalue weighted by molar-refractivity contribution is -0.707. The number of rotatable bonds is 1. The number of nitrogens with zero attached hydrogens (tertiary/aromatic N) is 2. The summed E-state index contributed by atoms with van der Waals surface area (Å²) < 4.78 is 8.44. The molecule has 2 aromatic carbocycles. The Morgan fingerprint density at radius 2 is 1.83 bits per heavy atom. The van der Waals surface area contributed by atoms with Gasteiger partial charge in [0.2, 0.25) is 5.52 Å². The predicted molar refractivity (Wildman–Crippen MR) is 90.2 cm³/mol. The van der Waals surface area contributed by atoms with Crippen molar-refractivity contribution in [2.24, 2.45) is 0 Å². The molecule has 3 heteroatoms. The molecule has 0 spiro atoms. The summed E-state index contributed by atoms with van der Waals surface area (Å²) in [5, 5.41) is 3.65. The maximum Gasteiger partial charge on any atom is 0.292 e. The van der Waals surface area contributed by atoms with Crippen molar-refractivity contribution in [3.8, 4) is 16.9 Å². The summed E-state index contributed by atoms with van der Waals surface area (Å²) in [5.74, 6) is 0.965. The normalized spacial score (nSPS) is 12.7. The Morgan fingerprint density at radius 1 is 1.00 bits per heavy atom. The van der Waals surface area contributed by atoms with Crippen LogP contribution in [0.25, 0.3) is 32.8 Å². The average molecular weight is 299 g/mol. The molecule has 0 N–H and O–H groups in total. The van der Waals surface area contributed by atoms with Crippen LogP contribution in [-0.4, -0.2) is 4.98 Å². The van der Waals surface area contributed by atoms with Gasteiger partial charge < -0.3 is 4.74 Å². The summed E-state index contributed by atoms with van der Waals surface area (Å²) in [5.41, 5.74) is 4.66. The molecule has 1 aliphatic heterocycles. The van der Waals surface area contributed by atoms with Crippen molar-refractivity contribution >= 4 is 21.7 Å². The van der Waals surface area contributed by atoms with Crippen LogP contribution in [0.5, 0.6) is 5.75 Å². The molecule has 0 fully saturated rings. The first-order chi connectivity index (χ1) is 11.3. The second-order valence-electron chi connectivity index (χ2n) is 5.96. The molecule has 110 valence electrons. The Bertz CT molecular complexity index is 1070. The molecule has 0 amide bonds. The number of aromatic nitrogens is 2. The minimum atomic E-state index is 0.548. The highest BCUT2D eigenvalue weighted by Gasteiger charge is 2.26. The Morgan fingerprint density at radius 3 is 2.70 bits per heavy atom. The summed E-state index contributed by atoms with van der Waals surface area (Å²) in [4.78, 5) is 4.25. The van der Waals surface area contributed by atoms with Crippen LogP contribution >= 0.6 is 0 Å². The molecule has 5 rings (SSSR count). The van der Waals surface area contributed by atoms with Gasteiger partial charge >= 0.3 is 0 Å². The molecule has 23 heavy (non-hydrogen) atoms. The molecular formula is C20H15N2O+. The van der Waals surface area contributed by atoms with Gasteiger partial charge in [-0.1, -0.05) is 18.2 Å². The first-order valence-corrected chi connectivity index (χ1v) is 7.75. The summed E-state index contributed by atoms with van der Waals surface area (Å²) in [7, 11) is 0. The quantitative estimate of drug-likeness (QED) is 0.392. The minimum Gasteiger partial charge on any atom is -0.434 e. The maximum absolute atomic E-state index is 6.19. The number of hydrogen-bond acceptors (Lipinski definition) is 2. The van der Waals surface area contributed by atoms with Crippen LogP contribution in [0, 0.1) is 6.92 Å². The summed E-state index contributed by atoms with van der Waals surface area (Å²) in [6.45, 7) is 2.67. The number of aryl methyl sites for hydroxylation is 1. The highest BCUT2D eigenvalue weighted by Crippen LogP contribution is 2.41. The van der Waals surface area contributed by atoms with E-state index in [0.717, 1.165) is 16.9 Å². The lowest BCUT2D eigenvalue weighted by Gasteiger charge is -2.19. The van der Waals surface area contributed by atoms with Crippen LogP contribution in [0.1, 0.15) is 5.69 Å². The fourth-order valence-corrected chi connectivity index (χ4v) is 3.48. The monoisotopic (exact) mass is 299 g/mol. The zero-order valence-electron chi connectivity index (χ0n) is 12.8. The van der Waals surface area contributed by atoms with E-state index in [0.29, 0.717) is 6.73 Å². The zero-order chi connectivity index (χ0) is 15.4. The standard InChI is InChI=1S/C20H15N2O/c1-13-4-5-15-7-6-14-8-9-17(16-3-2-10-21-11-16)20-18(14)19(15)22(13)12-23-20/h2-11H,12H2,1H3/q+1. The van der Waals surface area contributed by atoms with Gasteiger partial charge in [0.05, 0.1) is 5.39 Å². The third-order valence-corrected chi connectivity index (χ3v) is 4.65. The molecule has 0 unspecified atom stereocenters. The summed E-state index contributed by atoms with van der Waals surface area (Å²) in [6.07, 6.45) is 3.68. The fraction of sp³-hybridized carbons (Fsp3) is 0.100. The highest BCUT2D eigenvalue weighted by atomic mass is 16.5. The van der Waals surface area contributed by atoms with Gasteiger partial charge in [-0.05, 0) is 29.7 Å². The largest absolute Gasteiger partial charge is 0.434 e. The first-order valence-electron chi connectivity index (χ1n) is 7.75. The van der Waals surface area contributed by atoms with E-state index < -0.39 is 0 Å². The summed E-state index contributed by atoms with van der Waals surface area (Å²) >= 11 is 0. The number of benzene rings is 2. The Hall–Kier alpha value is -2.94. The molecule has 0 aliphatic carbocycles. The first kappa shape index (κ1) is 12.6. The van der Waals surface area contributed by atoms with Crippen LogP contribution < -0.4 is 9.30 Å². The smallest absolute Gasteiger partial charge is 0.292 e. The van der Waals surface area contributed by atoms with Gasteiger partial charge in [0.15, 0.2) is 5.69 Å². The lowest BCUT2D eigenvalue weighted by Crippen LogP contribution is -2.42. The van der Waals surface area contributed by atoms with Crippen molar-refractivity contribution < 1.29 is 9.30 Å². The Kier molecular flexibility index (Phi) is 2.48. The zero-order valence-corrected chi connectivity index (χ0v) is 12.8. The van der Waals surface area contributed by atoms with Gasteiger partial charge in [-0.2, -0.15) is 4.57 Å². The van der Waals surface area contributed by atoms with Crippen molar-refractivity contribution in [1.29, 1.82) is 0 Å². The van der Waals surface area contributed by atoms with E-state index in [1.807, 2.05) is 12.3 Å². The molecule has 1 aliphatic rings. The Balaban J connectivity index is 1.98. The van der Waals surface area contributed by atoms with Crippen molar-refractivity contribution in [3.63, 3.8) is 0 Å². The summed E-state index contributed by atoms with van der Waals surface area (Å²) in [6, 6.07) is 17.0. The topological polar surface area (TPSA) is 26.0 Å². The molecule has 0 radical (unpaired) electrons. The van der Waals surface area contributed by atoms with E-state index in [1.54, 1.807) is 6.20 Å². The van der Waals surface area contributed by atoms with Crippen LogP contribution in [0.3, 0.4) is 0 Å².